The van der Waals surface area contributed by atoms with E-state index in [1.54, 1.807) is 24.3 Å². The fourth-order valence-corrected chi connectivity index (χ4v) is 5.77. The van der Waals surface area contributed by atoms with Gasteiger partial charge in [0.1, 0.15) is 29.1 Å². The molecule has 216 valence electrons. The van der Waals surface area contributed by atoms with Gasteiger partial charge >= 0.3 is 11.9 Å². The van der Waals surface area contributed by atoms with Crippen molar-refractivity contribution in [3.63, 3.8) is 0 Å². The van der Waals surface area contributed by atoms with Gasteiger partial charge in [0.25, 0.3) is 0 Å². The van der Waals surface area contributed by atoms with E-state index < -0.39 is 47.1 Å². The number of nitrogens with zero attached hydrogens (tertiary/aromatic N) is 1. The fraction of sp³-hybridized carbons (Fsp3) is 0.219. The summed E-state index contributed by atoms with van der Waals surface area (Å²) in [5.74, 6) is -5.65. The van der Waals surface area contributed by atoms with Gasteiger partial charge in [-0.3, -0.25) is 14.5 Å². The predicted octanol–water partition coefficient (Wildman–Crippen LogP) is 4.72. The zero-order chi connectivity index (χ0) is 30.1. The number of hydrogen-bond donors (Lipinski definition) is 1. The molecule has 0 radical (unpaired) electrons. The fourth-order valence-electron chi connectivity index (χ4n) is 5.77. The molecular weight excluding hydrogens is 546 g/mol. The number of ether oxygens (including phenoxy) is 3. The molecule has 0 spiro atoms. The molecule has 0 amide bonds. The summed E-state index contributed by atoms with van der Waals surface area (Å²) in [7, 11) is 3.90. The van der Waals surface area contributed by atoms with Crippen molar-refractivity contribution >= 4 is 23.4 Å². The van der Waals surface area contributed by atoms with Crippen LogP contribution >= 0.6 is 0 Å². The first-order valence-corrected chi connectivity index (χ1v) is 13.1. The standard InChI is InChI=1S/C32H28F2N2O6/c1-40-22-14-6-17(7-15-22)23-16-24-27(29(37)26(23)31(38)41-2)25(18-4-8-19(33)9-5-18)28(32(39)42-3)30(35)36(24)21-12-10-20(34)11-13-21/h4-15,23,25-26H,16,35H2,1-3H3. The van der Waals surface area contributed by atoms with Crippen LogP contribution in [0.5, 0.6) is 5.75 Å². The van der Waals surface area contributed by atoms with Gasteiger partial charge in [-0.05, 0) is 66.1 Å². The van der Waals surface area contributed by atoms with Gasteiger partial charge in [-0.15, -0.1) is 0 Å². The van der Waals surface area contributed by atoms with Gasteiger partial charge in [0.15, 0.2) is 5.78 Å². The third-order valence-corrected chi connectivity index (χ3v) is 7.73. The van der Waals surface area contributed by atoms with E-state index in [-0.39, 0.29) is 23.4 Å². The minimum absolute atomic E-state index is 0.0423. The van der Waals surface area contributed by atoms with E-state index >= 15 is 0 Å². The van der Waals surface area contributed by atoms with Gasteiger partial charge in [0, 0.05) is 22.9 Å². The maximum absolute atomic E-state index is 14.6. The van der Waals surface area contributed by atoms with Crippen molar-refractivity contribution in [2.45, 2.75) is 18.3 Å². The van der Waals surface area contributed by atoms with Crippen LogP contribution in [0.3, 0.4) is 0 Å². The maximum atomic E-state index is 14.6. The number of carbonyl (C=O) groups excluding carboxylic acids is 3. The minimum Gasteiger partial charge on any atom is -0.497 e. The first-order chi connectivity index (χ1) is 20.2. The molecule has 8 nitrogen and oxygen atoms in total. The molecule has 0 aromatic heterocycles. The van der Waals surface area contributed by atoms with Crippen molar-refractivity contribution < 1.29 is 37.4 Å². The number of halogens is 2. The third kappa shape index (κ3) is 4.89. The number of ketones is 1. The number of benzene rings is 3. The smallest absolute Gasteiger partial charge is 0.338 e. The average Bonchev–Trinajstić information content (AvgIpc) is 3.01. The molecule has 10 heteroatoms. The normalized spacial score (nSPS) is 20.3. The Morgan fingerprint density at radius 2 is 1.40 bits per heavy atom. The molecule has 1 heterocycles. The Morgan fingerprint density at radius 3 is 1.95 bits per heavy atom. The average molecular weight is 575 g/mol. The minimum atomic E-state index is -1.27. The molecule has 0 bridgehead atoms. The van der Waals surface area contributed by atoms with Crippen LogP contribution in [0.2, 0.25) is 0 Å². The van der Waals surface area contributed by atoms with Gasteiger partial charge < -0.3 is 19.9 Å². The molecule has 0 fully saturated rings. The highest BCUT2D eigenvalue weighted by Gasteiger charge is 2.51. The van der Waals surface area contributed by atoms with Crippen LogP contribution in [-0.4, -0.2) is 39.1 Å². The molecule has 42 heavy (non-hydrogen) atoms. The number of allylic oxidation sites excluding steroid dienone is 2. The zero-order valence-corrected chi connectivity index (χ0v) is 23.1. The molecule has 3 aromatic carbocycles. The van der Waals surface area contributed by atoms with Crippen LogP contribution in [0.4, 0.5) is 14.5 Å². The van der Waals surface area contributed by atoms with E-state index in [4.69, 9.17) is 19.9 Å². The Hall–Kier alpha value is -4.99. The highest BCUT2D eigenvalue weighted by Crippen LogP contribution is 2.51. The number of rotatable bonds is 6. The zero-order valence-electron chi connectivity index (χ0n) is 23.1. The molecular formula is C32H28F2N2O6. The summed E-state index contributed by atoms with van der Waals surface area (Å²) < 4.78 is 43.4. The van der Waals surface area contributed by atoms with Crippen LogP contribution in [0.15, 0.2) is 95.5 Å². The van der Waals surface area contributed by atoms with Crippen LogP contribution in [0.1, 0.15) is 29.4 Å². The Kier molecular flexibility index (Phi) is 7.80. The number of carbonyl (C=O) groups is 3. The Morgan fingerprint density at radius 1 is 0.833 bits per heavy atom. The van der Waals surface area contributed by atoms with Crippen LogP contribution in [-0.2, 0) is 23.9 Å². The molecule has 0 saturated heterocycles. The third-order valence-electron chi connectivity index (χ3n) is 7.73. The summed E-state index contributed by atoms with van der Waals surface area (Å²) in [5, 5.41) is 0. The van der Waals surface area contributed by atoms with Gasteiger partial charge in [0.2, 0.25) is 0 Å². The number of anilines is 1. The predicted molar refractivity (Wildman–Crippen MR) is 149 cm³/mol. The van der Waals surface area contributed by atoms with E-state index in [9.17, 15) is 23.2 Å². The van der Waals surface area contributed by atoms with Gasteiger partial charge in [-0.25, -0.2) is 13.6 Å². The lowest BCUT2D eigenvalue weighted by molar-refractivity contribution is -0.150. The highest BCUT2D eigenvalue weighted by atomic mass is 19.1. The van der Waals surface area contributed by atoms with Crippen molar-refractivity contribution in [3.8, 4) is 5.75 Å². The first-order valence-electron chi connectivity index (χ1n) is 13.1. The molecule has 1 aliphatic heterocycles. The number of nitrogens with two attached hydrogens (primary N) is 1. The van der Waals surface area contributed by atoms with E-state index in [1.807, 2.05) is 0 Å². The lowest BCUT2D eigenvalue weighted by Gasteiger charge is -2.44. The van der Waals surface area contributed by atoms with Crippen LogP contribution < -0.4 is 15.4 Å². The molecule has 2 aliphatic rings. The Bertz CT molecular complexity index is 1600. The van der Waals surface area contributed by atoms with E-state index in [0.29, 0.717) is 28.3 Å². The molecule has 3 atom stereocenters. The van der Waals surface area contributed by atoms with Crippen molar-refractivity contribution in [2.75, 3.05) is 26.2 Å². The quantitative estimate of drug-likeness (QED) is 0.333. The molecule has 3 aromatic rings. The Balaban J connectivity index is 1.80. The number of esters is 2. The Labute approximate surface area is 241 Å². The SMILES string of the molecule is COC(=O)C1=C(N)N(c2ccc(F)cc2)C2=C(C(=O)C(C(=O)OC)C(c3ccc(OC)cc3)C2)C1c1ccc(F)cc1. The summed E-state index contributed by atoms with van der Waals surface area (Å²) in [4.78, 5) is 42.6. The van der Waals surface area contributed by atoms with E-state index in [2.05, 4.69) is 0 Å². The topological polar surface area (TPSA) is 108 Å². The van der Waals surface area contributed by atoms with Crippen molar-refractivity contribution in [3.05, 3.63) is 118 Å². The molecule has 1 aliphatic carbocycles. The largest absolute Gasteiger partial charge is 0.497 e. The molecule has 5 rings (SSSR count). The number of hydrogen-bond acceptors (Lipinski definition) is 8. The number of methoxy groups -OCH3 is 3. The van der Waals surface area contributed by atoms with Crippen molar-refractivity contribution in [2.24, 2.45) is 11.7 Å². The summed E-state index contributed by atoms with van der Waals surface area (Å²) in [6.45, 7) is 0. The van der Waals surface area contributed by atoms with Crippen LogP contribution in [0.25, 0.3) is 0 Å². The van der Waals surface area contributed by atoms with Crippen LogP contribution in [0, 0.1) is 17.6 Å². The van der Waals surface area contributed by atoms with Gasteiger partial charge in [0.05, 0.1) is 32.8 Å². The second kappa shape index (κ2) is 11.5. The van der Waals surface area contributed by atoms with Gasteiger partial charge in [-0.2, -0.15) is 0 Å². The first kappa shape index (κ1) is 28.5. The van der Waals surface area contributed by atoms with Gasteiger partial charge in [-0.1, -0.05) is 24.3 Å². The van der Waals surface area contributed by atoms with E-state index in [1.165, 1.54) is 74.8 Å². The summed E-state index contributed by atoms with van der Waals surface area (Å²) in [6, 6.07) is 17.7. The molecule has 3 unspecified atom stereocenters. The maximum Gasteiger partial charge on any atom is 0.338 e. The summed E-state index contributed by atoms with van der Waals surface area (Å²) >= 11 is 0. The lowest BCUT2D eigenvalue weighted by Crippen LogP contribution is -2.46. The summed E-state index contributed by atoms with van der Waals surface area (Å²) in [6.07, 6.45) is 0.122. The molecule has 2 N–H and O–H groups in total. The monoisotopic (exact) mass is 574 g/mol. The number of Topliss-reactive ketones (excluding diaryl/α,β-unsaturated/α-hetero) is 1. The highest BCUT2D eigenvalue weighted by molar-refractivity contribution is 6.14. The van der Waals surface area contributed by atoms with Crippen molar-refractivity contribution in [1.29, 1.82) is 0 Å². The van der Waals surface area contributed by atoms with E-state index in [0.717, 1.165) is 0 Å². The molecule has 0 saturated carbocycles. The lowest BCUT2D eigenvalue weighted by atomic mass is 9.67. The summed E-state index contributed by atoms with van der Waals surface area (Å²) in [5.41, 5.74) is 8.60. The van der Waals surface area contributed by atoms with Crippen molar-refractivity contribution in [1.82, 2.24) is 0 Å². The second-order valence-electron chi connectivity index (χ2n) is 9.90. The second-order valence-corrected chi connectivity index (χ2v) is 9.90.